The molecule has 1 aromatic rings. The Morgan fingerprint density at radius 3 is 2.67 bits per heavy atom. The van der Waals surface area contributed by atoms with Gasteiger partial charge in [0, 0.05) is 29.9 Å². The van der Waals surface area contributed by atoms with Gasteiger partial charge < -0.3 is 10.6 Å². The molecule has 0 aliphatic carbocycles. The molecule has 0 spiro atoms. The summed E-state index contributed by atoms with van der Waals surface area (Å²) in [5.41, 5.74) is 1.36. The molecular formula is C12H15N3O2S. The molecule has 1 atom stereocenters. The van der Waals surface area contributed by atoms with E-state index in [9.17, 15) is 9.59 Å². The van der Waals surface area contributed by atoms with Gasteiger partial charge in [-0.05, 0) is 18.2 Å². The molecule has 1 unspecified atom stereocenters. The van der Waals surface area contributed by atoms with Gasteiger partial charge in [0.1, 0.15) is 0 Å². The minimum atomic E-state index is -0.139. The number of amides is 2. The third-order valence-electron chi connectivity index (χ3n) is 2.48. The van der Waals surface area contributed by atoms with E-state index in [1.165, 1.54) is 6.92 Å². The summed E-state index contributed by atoms with van der Waals surface area (Å²) in [4.78, 5) is 22.8. The van der Waals surface area contributed by atoms with Crippen molar-refractivity contribution >= 4 is 35.0 Å². The highest BCUT2D eigenvalue weighted by molar-refractivity contribution is 7.99. The SMILES string of the molecule is CC(=O)Nc1cccc(NC(=O)C2CSCN2)c1. The Morgan fingerprint density at radius 1 is 1.33 bits per heavy atom. The first kappa shape index (κ1) is 12.9. The third kappa shape index (κ3) is 3.48. The molecule has 1 fully saturated rings. The number of benzene rings is 1. The zero-order valence-corrected chi connectivity index (χ0v) is 10.8. The average molecular weight is 265 g/mol. The van der Waals surface area contributed by atoms with Gasteiger partial charge in [0.15, 0.2) is 0 Å². The monoisotopic (exact) mass is 265 g/mol. The van der Waals surface area contributed by atoms with Crippen molar-refractivity contribution in [3.05, 3.63) is 24.3 Å². The molecule has 0 radical (unpaired) electrons. The first-order valence-corrected chi connectivity index (χ1v) is 6.80. The first-order chi connectivity index (χ1) is 8.65. The summed E-state index contributed by atoms with van der Waals surface area (Å²) >= 11 is 1.70. The predicted octanol–water partition coefficient (Wildman–Crippen LogP) is 1.25. The summed E-state index contributed by atoms with van der Waals surface area (Å²) in [5.74, 6) is 1.42. The van der Waals surface area contributed by atoms with Crippen LogP contribution in [0.15, 0.2) is 24.3 Å². The van der Waals surface area contributed by atoms with Crippen molar-refractivity contribution in [3.8, 4) is 0 Å². The maximum Gasteiger partial charge on any atom is 0.242 e. The molecule has 1 saturated heterocycles. The Balaban J connectivity index is 2.00. The summed E-state index contributed by atoms with van der Waals surface area (Å²) in [7, 11) is 0. The van der Waals surface area contributed by atoms with Crippen LogP contribution in [-0.2, 0) is 9.59 Å². The van der Waals surface area contributed by atoms with Gasteiger partial charge in [-0.1, -0.05) is 6.07 Å². The smallest absolute Gasteiger partial charge is 0.242 e. The van der Waals surface area contributed by atoms with Crippen LogP contribution in [0.4, 0.5) is 11.4 Å². The van der Waals surface area contributed by atoms with Gasteiger partial charge in [0.2, 0.25) is 11.8 Å². The Morgan fingerprint density at radius 2 is 2.06 bits per heavy atom. The van der Waals surface area contributed by atoms with E-state index < -0.39 is 0 Å². The number of hydrogen-bond acceptors (Lipinski definition) is 4. The van der Waals surface area contributed by atoms with Crippen LogP contribution < -0.4 is 16.0 Å². The van der Waals surface area contributed by atoms with Crippen molar-refractivity contribution in [1.29, 1.82) is 0 Å². The quantitative estimate of drug-likeness (QED) is 0.769. The number of rotatable bonds is 3. The highest BCUT2D eigenvalue weighted by Crippen LogP contribution is 2.17. The molecule has 5 nitrogen and oxygen atoms in total. The maximum absolute atomic E-state index is 11.9. The summed E-state index contributed by atoms with van der Waals surface area (Å²) in [6.45, 7) is 1.45. The second-order valence-corrected chi connectivity index (χ2v) is 5.05. The summed E-state index contributed by atoms with van der Waals surface area (Å²) < 4.78 is 0. The van der Waals surface area contributed by atoms with Crippen LogP contribution in [0.1, 0.15) is 6.92 Å². The standard InChI is InChI=1S/C12H15N3O2S/c1-8(16)14-9-3-2-4-10(5-9)15-12(17)11-6-18-7-13-11/h2-5,11,13H,6-7H2,1H3,(H,14,16)(H,15,17). The average Bonchev–Trinajstić information content (AvgIpc) is 2.81. The van der Waals surface area contributed by atoms with E-state index in [1.54, 1.807) is 36.0 Å². The van der Waals surface area contributed by atoms with Crippen LogP contribution in [-0.4, -0.2) is 29.5 Å². The van der Waals surface area contributed by atoms with Gasteiger partial charge in [0.05, 0.1) is 6.04 Å². The van der Waals surface area contributed by atoms with E-state index in [2.05, 4.69) is 16.0 Å². The van der Waals surface area contributed by atoms with Crippen molar-refractivity contribution < 1.29 is 9.59 Å². The molecule has 1 aliphatic rings. The lowest BCUT2D eigenvalue weighted by molar-refractivity contribution is -0.117. The molecule has 0 aromatic heterocycles. The Bertz CT molecular complexity index is 458. The van der Waals surface area contributed by atoms with Crippen molar-refractivity contribution in [2.45, 2.75) is 13.0 Å². The number of carbonyl (C=O) groups excluding carboxylic acids is 2. The van der Waals surface area contributed by atoms with Gasteiger partial charge in [-0.2, -0.15) is 0 Å². The van der Waals surface area contributed by atoms with Crippen molar-refractivity contribution in [2.24, 2.45) is 0 Å². The third-order valence-corrected chi connectivity index (χ3v) is 3.42. The fourth-order valence-corrected chi connectivity index (χ4v) is 2.61. The lowest BCUT2D eigenvalue weighted by Crippen LogP contribution is -2.37. The number of hydrogen-bond donors (Lipinski definition) is 3. The van der Waals surface area contributed by atoms with Crippen LogP contribution in [0.2, 0.25) is 0 Å². The second-order valence-electron chi connectivity index (χ2n) is 4.02. The van der Waals surface area contributed by atoms with Crippen molar-refractivity contribution in [2.75, 3.05) is 22.3 Å². The Labute approximate surface area is 110 Å². The molecule has 3 N–H and O–H groups in total. The first-order valence-electron chi connectivity index (χ1n) is 5.65. The normalized spacial score (nSPS) is 18.4. The Kier molecular flexibility index (Phi) is 4.22. The fraction of sp³-hybridized carbons (Fsp3) is 0.333. The molecule has 2 rings (SSSR count). The predicted molar refractivity (Wildman–Crippen MR) is 73.6 cm³/mol. The maximum atomic E-state index is 11.9. The molecule has 6 heteroatoms. The molecule has 1 heterocycles. The fourth-order valence-electron chi connectivity index (χ4n) is 1.67. The molecule has 1 aliphatic heterocycles. The van der Waals surface area contributed by atoms with Gasteiger partial charge in [-0.15, -0.1) is 11.8 Å². The summed E-state index contributed by atoms with van der Waals surface area (Å²) in [6.07, 6.45) is 0. The van der Waals surface area contributed by atoms with Gasteiger partial charge in [0.25, 0.3) is 0 Å². The number of nitrogens with one attached hydrogen (secondary N) is 3. The van der Waals surface area contributed by atoms with Gasteiger partial charge in [-0.3, -0.25) is 14.9 Å². The molecule has 0 bridgehead atoms. The Hall–Kier alpha value is -1.53. The molecule has 0 saturated carbocycles. The molecule has 2 amide bonds. The highest BCUT2D eigenvalue weighted by Gasteiger charge is 2.22. The van der Waals surface area contributed by atoms with E-state index in [4.69, 9.17) is 0 Å². The van der Waals surface area contributed by atoms with E-state index in [-0.39, 0.29) is 17.9 Å². The molecular weight excluding hydrogens is 250 g/mol. The van der Waals surface area contributed by atoms with Crippen molar-refractivity contribution in [3.63, 3.8) is 0 Å². The van der Waals surface area contributed by atoms with Crippen LogP contribution in [0.25, 0.3) is 0 Å². The van der Waals surface area contributed by atoms with Crippen LogP contribution in [0.3, 0.4) is 0 Å². The molecule has 1 aromatic carbocycles. The minimum absolute atomic E-state index is 0.0417. The second kappa shape index (κ2) is 5.88. The van der Waals surface area contributed by atoms with E-state index in [0.29, 0.717) is 11.4 Å². The number of anilines is 2. The van der Waals surface area contributed by atoms with E-state index in [1.807, 2.05) is 0 Å². The number of thioether (sulfide) groups is 1. The molecule has 96 valence electrons. The lowest BCUT2D eigenvalue weighted by atomic mass is 10.2. The largest absolute Gasteiger partial charge is 0.326 e. The van der Waals surface area contributed by atoms with E-state index in [0.717, 1.165) is 11.6 Å². The number of carbonyl (C=O) groups is 2. The summed E-state index contributed by atoms with van der Waals surface area (Å²) in [6, 6.07) is 6.96. The highest BCUT2D eigenvalue weighted by atomic mass is 32.2. The zero-order chi connectivity index (χ0) is 13.0. The van der Waals surface area contributed by atoms with Gasteiger partial charge >= 0.3 is 0 Å². The summed E-state index contributed by atoms with van der Waals surface area (Å²) in [5, 5.41) is 8.61. The topological polar surface area (TPSA) is 70.2 Å². The van der Waals surface area contributed by atoms with E-state index >= 15 is 0 Å². The minimum Gasteiger partial charge on any atom is -0.326 e. The van der Waals surface area contributed by atoms with Crippen LogP contribution in [0, 0.1) is 0 Å². The van der Waals surface area contributed by atoms with Crippen LogP contribution in [0.5, 0.6) is 0 Å². The zero-order valence-electron chi connectivity index (χ0n) is 10.0. The van der Waals surface area contributed by atoms with Gasteiger partial charge in [-0.25, -0.2) is 0 Å². The van der Waals surface area contributed by atoms with Crippen LogP contribution >= 0.6 is 11.8 Å². The van der Waals surface area contributed by atoms with Crippen molar-refractivity contribution in [1.82, 2.24) is 5.32 Å². The molecule has 18 heavy (non-hydrogen) atoms. The lowest BCUT2D eigenvalue weighted by Gasteiger charge is -2.11.